The minimum absolute atomic E-state index is 0.172. The van der Waals surface area contributed by atoms with Crippen LogP contribution in [0.1, 0.15) is 41.9 Å². The van der Waals surface area contributed by atoms with E-state index in [0.29, 0.717) is 40.2 Å². The molecule has 2 aromatic carbocycles. The predicted octanol–water partition coefficient (Wildman–Crippen LogP) is 4.46. The Labute approximate surface area is 259 Å². The summed E-state index contributed by atoms with van der Waals surface area (Å²) in [5, 5.41) is 22.5. The number of nitrogen functional groups attached to an aromatic ring is 1. The first-order valence-corrected chi connectivity index (χ1v) is 15.0. The van der Waals surface area contributed by atoms with Crippen LogP contribution >= 0.6 is 0 Å². The third-order valence-electron chi connectivity index (χ3n) is 8.46. The molecule has 0 aliphatic carbocycles. The normalized spacial score (nSPS) is 14.4. The topological polar surface area (TPSA) is 148 Å². The molecule has 1 aliphatic rings. The summed E-state index contributed by atoms with van der Waals surface area (Å²) < 4.78 is 3.51. The smallest absolute Gasteiger partial charge is 0.263 e. The molecular weight excluding hydrogens is 566 g/mol. The predicted molar refractivity (Wildman–Crippen MR) is 174 cm³/mol. The molecule has 1 aliphatic heterocycles. The Kier molecular flexibility index (Phi) is 7.54. The van der Waals surface area contributed by atoms with Gasteiger partial charge in [0, 0.05) is 52.2 Å². The maximum Gasteiger partial charge on any atom is 0.263 e. The van der Waals surface area contributed by atoms with Gasteiger partial charge in [0.25, 0.3) is 5.56 Å². The molecular formula is C34H33N9O2. The van der Waals surface area contributed by atoms with Crippen LogP contribution in [-0.2, 0) is 0 Å². The van der Waals surface area contributed by atoms with Gasteiger partial charge in [-0.3, -0.25) is 9.36 Å². The number of rotatable bonds is 7. The molecule has 4 aromatic heterocycles. The zero-order valence-corrected chi connectivity index (χ0v) is 24.8. The Bertz CT molecular complexity index is 2020. The number of hydrogen-bond donors (Lipinski definition) is 4. The van der Waals surface area contributed by atoms with Gasteiger partial charge in [-0.15, -0.1) is 0 Å². The number of piperidine rings is 1. The van der Waals surface area contributed by atoms with Crippen molar-refractivity contribution in [2.75, 3.05) is 24.1 Å². The molecule has 0 radical (unpaired) electrons. The Hall–Kier alpha value is -5.39. The van der Waals surface area contributed by atoms with E-state index < -0.39 is 6.23 Å². The van der Waals surface area contributed by atoms with Crippen molar-refractivity contribution >= 4 is 17.0 Å². The van der Waals surface area contributed by atoms with Gasteiger partial charge in [-0.1, -0.05) is 30.3 Å². The van der Waals surface area contributed by atoms with Crippen LogP contribution in [0.4, 0.5) is 11.5 Å². The second-order valence-electron chi connectivity index (χ2n) is 11.2. The molecule has 1 unspecified atom stereocenters. The summed E-state index contributed by atoms with van der Waals surface area (Å²) in [6.07, 6.45) is 5.56. The molecule has 11 nitrogen and oxygen atoms in total. The van der Waals surface area contributed by atoms with Gasteiger partial charge in [0.1, 0.15) is 11.8 Å². The molecule has 1 fully saturated rings. The Morgan fingerprint density at radius 2 is 1.69 bits per heavy atom. The number of anilines is 2. The van der Waals surface area contributed by atoms with Crippen LogP contribution < -0.4 is 21.9 Å². The van der Waals surface area contributed by atoms with Crippen LogP contribution in [0.3, 0.4) is 0 Å². The summed E-state index contributed by atoms with van der Waals surface area (Å²) in [6.45, 7) is 3.78. The lowest BCUT2D eigenvalue weighted by molar-refractivity contribution is 0.206. The van der Waals surface area contributed by atoms with Gasteiger partial charge in [0.15, 0.2) is 17.9 Å². The van der Waals surface area contributed by atoms with Crippen LogP contribution in [0.25, 0.3) is 33.7 Å². The van der Waals surface area contributed by atoms with Crippen LogP contribution in [0, 0.1) is 6.92 Å². The highest BCUT2D eigenvalue weighted by Gasteiger charge is 2.24. The number of aliphatic hydroxyl groups is 1. The first-order chi connectivity index (χ1) is 22.0. The van der Waals surface area contributed by atoms with E-state index >= 15 is 0 Å². The minimum Gasteiger partial charge on any atom is -0.382 e. The maximum absolute atomic E-state index is 13.8. The van der Waals surface area contributed by atoms with Crippen LogP contribution in [0.15, 0.2) is 96.3 Å². The second-order valence-corrected chi connectivity index (χ2v) is 11.2. The van der Waals surface area contributed by atoms with Crippen LogP contribution in [-0.4, -0.2) is 47.3 Å². The van der Waals surface area contributed by atoms with Crippen molar-refractivity contribution in [2.45, 2.75) is 31.9 Å². The first kappa shape index (κ1) is 28.4. The number of fused-ring (bicyclic) bond motifs is 1. The molecule has 6 aromatic rings. The SMILES string of the molecule is Cc1c(-c2ncccn2)cc(C(O)Nc2ccc(-c3cc(C4CCNCC4)n4ncnc(N)c34)cc2)c(=O)n1-c1ccccc1. The Morgan fingerprint density at radius 3 is 2.42 bits per heavy atom. The number of hydrogen-bond acceptors (Lipinski definition) is 9. The average Bonchev–Trinajstić information content (AvgIpc) is 3.47. The third kappa shape index (κ3) is 5.32. The van der Waals surface area contributed by atoms with E-state index in [1.807, 2.05) is 66.0 Å². The number of nitrogens with two attached hydrogens (primary N) is 1. The van der Waals surface area contributed by atoms with E-state index in [9.17, 15) is 9.90 Å². The van der Waals surface area contributed by atoms with E-state index in [4.69, 9.17) is 5.73 Å². The highest BCUT2D eigenvalue weighted by Crippen LogP contribution is 2.36. The van der Waals surface area contributed by atoms with Crippen molar-refractivity contribution in [3.05, 3.63) is 119 Å². The number of nitrogens with one attached hydrogen (secondary N) is 2. The first-order valence-electron chi connectivity index (χ1n) is 15.0. The summed E-state index contributed by atoms with van der Waals surface area (Å²) >= 11 is 0. The molecule has 5 N–H and O–H groups in total. The van der Waals surface area contributed by atoms with Gasteiger partial charge in [0.05, 0.1) is 5.56 Å². The summed E-state index contributed by atoms with van der Waals surface area (Å²) in [5.41, 5.74) is 12.6. The van der Waals surface area contributed by atoms with Gasteiger partial charge >= 0.3 is 0 Å². The summed E-state index contributed by atoms with van der Waals surface area (Å²) in [7, 11) is 0. The average molecular weight is 600 g/mol. The van der Waals surface area contributed by atoms with Crippen molar-refractivity contribution in [3.8, 4) is 28.2 Å². The zero-order valence-electron chi connectivity index (χ0n) is 24.8. The lowest BCUT2D eigenvalue weighted by atomic mass is 9.94. The maximum atomic E-state index is 13.8. The molecule has 0 spiro atoms. The van der Waals surface area contributed by atoms with E-state index in [2.05, 4.69) is 36.8 Å². The van der Waals surface area contributed by atoms with E-state index in [0.717, 1.165) is 48.3 Å². The quantitative estimate of drug-likeness (QED) is 0.195. The van der Waals surface area contributed by atoms with Crippen molar-refractivity contribution in [1.29, 1.82) is 0 Å². The molecule has 11 heteroatoms. The number of aromatic nitrogens is 6. The summed E-state index contributed by atoms with van der Waals surface area (Å²) in [6, 6.07) is 22.6. The highest BCUT2D eigenvalue weighted by atomic mass is 16.3. The van der Waals surface area contributed by atoms with Gasteiger partial charge in [-0.2, -0.15) is 5.10 Å². The molecule has 5 heterocycles. The monoisotopic (exact) mass is 599 g/mol. The number of nitrogens with zero attached hydrogens (tertiary/aromatic N) is 6. The van der Waals surface area contributed by atoms with Gasteiger partial charge in [-0.05, 0) is 80.9 Å². The lowest BCUT2D eigenvalue weighted by Gasteiger charge is -2.22. The number of benzene rings is 2. The fourth-order valence-corrected chi connectivity index (χ4v) is 6.17. The molecule has 0 saturated carbocycles. The molecule has 7 rings (SSSR count). The summed E-state index contributed by atoms with van der Waals surface area (Å²) in [4.78, 5) is 26.9. The number of aliphatic hydroxyl groups excluding tert-OH is 1. The molecule has 0 bridgehead atoms. The van der Waals surface area contributed by atoms with Crippen molar-refractivity contribution in [2.24, 2.45) is 0 Å². The van der Waals surface area contributed by atoms with Crippen LogP contribution in [0.2, 0.25) is 0 Å². The molecule has 1 atom stereocenters. The fourth-order valence-electron chi connectivity index (χ4n) is 6.17. The zero-order chi connectivity index (χ0) is 30.9. The van der Waals surface area contributed by atoms with Gasteiger partial charge < -0.3 is 21.5 Å². The van der Waals surface area contributed by atoms with E-state index in [-0.39, 0.29) is 11.1 Å². The van der Waals surface area contributed by atoms with E-state index in [1.165, 1.54) is 6.33 Å². The summed E-state index contributed by atoms with van der Waals surface area (Å²) in [5.74, 6) is 1.26. The van der Waals surface area contributed by atoms with Gasteiger partial charge in [0.2, 0.25) is 0 Å². The highest BCUT2D eigenvalue weighted by molar-refractivity contribution is 5.88. The Balaban J connectivity index is 1.23. The van der Waals surface area contributed by atoms with Crippen molar-refractivity contribution in [3.63, 3.8) is 0 Å². The molecule has 45 heavy (non-hydrogen) atoms. The molecule has 1 saturated heterocycles. The minimum atomic E-state index is -1.30. The van der Waals surface area contributed by atoms with E-state index in [1.54, 1.807) is 29.1 Å². The van der Waals surface area contributed by atoms with Gasteiger partial charge in [-0.25, -0.2) is 19.5 Å². The van der Waals surface area contributed by atoms with Crippen LogP contribution in [0.5, 0.6) is 0 Å². The molecule has 0 amide bonds. The van der Waals surface area contributed by atoms with Crippen molar-refractivity contribution < 1.29 is 5.11 Å². The number of pyridine rings is 1. The largest absolute Gasteiger partial charge is 0.382 e. The molecule has 226 valence electrons. The third-order valence-corrected chi connectivity index (χ3v) is 8.46. The fraction of sp³-hybridized carbons (Fsp3) is 0.206. The second kappa shape index (κ2) is 11.9. The van der Waals surface area contributed by atoms with Crippen molar-refractivity contribution in [1.82, 2.24) is 34.4 Å². The number of para-hydroxylation sites is 1. The standard InChI is InChI=1S/C34H33N9O2/c1-21-26(32-37-14-5-15-38-32)18-28(34(45)42(21)25-6-3-2-4-7-25)33(44)41-24-10-8-22(9-11-24)27-19-29(23-12-16-36-17-13-23)43-30(27)31(35)39-20-40-43/h2-11,14-15,18-20,23,33,36,41,44H,12-13,16-17H2,1H3,(H2,35,39,40). The Morgan fingerprint density at radius 1 is 0.956 bits per heavy atom. The lowest BCUT2D eigenvalue weighted by Crippen LogP contribution is -2.29.